The number of likely N-dealkylation sites (N-methyl/N-ethyl adjacent to an activating group) is 2. The van der Waals surface area contributed by atoms with Gasteiger partial charge in [0.25, 0.3) is 0 Å². The average Bonchev–Trinajstić information content (AvgIpc) is 3.80. The molecular weight excluding hydrogens is 979 g/mol. The van der Waals surface area contributed by atoms with Crippen molar-refractivity contribution in [2.75, 3.05) is 53.3 Å². The molecule has 3 aliphatic heterocycles. The highest BCUT2D eigenvalue weighted by molar-refractivity contribution is 7.91. The first-order chi connectivity index (χ1) is 34.5. The van der Waals surface area contributed by atoms with Gasteiger partial charge in [0.2, 0.25) is 0 Å². The molecule has 4 heterocycles. The van der Waals surface area contributed by atoms with E-state index in [0.29, 0.717) is 57.7 Å². The normalized spacial score (nSPS) is 38.5. The number of hydrogen-bond acceptors (Lipinski definition) is 19. The Morgan fingerprint density at radius 2 is 1.64 bits per heavy atom. The molecule has 0 bridgehead atoms. The van der Waals surface area contributed by atoms with Gasteiger partial charge in [-0.25, -0.2) is 8.42 Å². The van der Waals surface area contributed by atoms with Gasteiger partial charge >= 0.3 is 5.97 Å². The number of benzene rings is 1. The Morgan fingerprint density at radius 3 is 2.28 bits per heavy atom. The Bertz CT molecular complexity index is 2170. The fraction of sp³-hybridized carbons (Fsp3) is 0.830. The molecule has 74 heavy (non-hydrogen) atoms. The van der Waals surface area contributed by atoms with Gasteiger partial charge in [0.1, 0.15) is 35.8 Å². The van der Waals surface area contributed by atoms with Crippen LogP contribution in [0, 0.1) is 17.8 Å². The highest BCUT2D eigenvalue weighted by atomic mass is 32.2. The smallest absolute Gasteiger partial charge is 0.311 e. The van der Waals surface area contributed by atoms with Crippen molar-refractivity contribution in [3.8, 4) is 5.75 Å². The van der Waals surface area contributed by atoms with E-state index in [-0.39, 0.29) is 42.1 Å². The first-order valence-corrected chi connectivity index (χ1v) is 28.3. The summed E-state index contributed by atoms with van der Waals surface area (Å²) in [7, 11) is 1.98. The van der Waals surface area contributed by atoms with Crippen molar-refractivity contribution < 1.29 is 71.9 Å². The SMILES string of the molecule is CCCS(=O)(=O)c1ccc(OCCCn2cc(CCN(C)[C@H]3C[C@@H](C)O[C@@H](O[C@@H]4[C@@H](C)[C@H](OC[C@H]5C[C@@](C)(OC)[C@@H](O)[C@H](C)O5)[C@@H](C)C(=O)O[C@H](C)[C@@](C)(O)[C@H](O)[C@@H](C)N(C)C[C@H](C)C[C@@]4(C)O)[C@@H]3O)nn2)cc1. The van der Waals surface area contributed by atoms with E-state index < -0.39 is 112 Å². The molecule has 0 amide bonds. The summed E-state index contributed by atoms with van der Waals surface area (Å²) in [6, 6.07) is 5.47. The molecule has 3 saturated heterocycles. The number of methoxy groups -OCH3 is 1. The molecule has 0 spiro atoms. The number of sulfone groups is 1. The van der Waals surface area contributed by atoms with Crippen molar-refractivity contribution in [2.24, 2.45) is 17.8 Å². The topological polar surface area (TPSA) is 254 Å². The Labute approximate surface area is 440 Å². The van der Waals surface area contributed by atoms with Crippen molar-refractivity contribution in [3.05, 3.63) is 36.2 Å². The minimum atomic E-state index is -3.30. The number of rotatable bonds is 18. The van der Waals surface area contributed by atoms with Gasteiger partial charge in [0.15, 0.2) is 16.1 Å². The summed E-state index contributed by atoms with van der Waals surface area (Å²) in [6.07, 6.45) is -4.79. The van der Waals surface area contributed by atoms with Crippen LogP contribution in [0.3, 0.4) is 0 Å². The standard InChI is InChI=1S/C53H91N5O15S/c1-15-25-74(65,66)42-19-17-40(18-20-42)68-24-16-22-58-30-39(54-55-58)21-23-56(12)43-26-33(3)70-50(44(43)59)73-48-34(4)45(69-31-41-28-52(10,67-14)47(61)37(7)71-41)35(5)49(62)72-38(8)53(11,64)46(60)36(6)57(13)29-32(2)27-51(48,9)63/h17-20,30,32-38,41,43-48,50,59-61,63-64H,15-16,21-29,31H2,1-14H3/t32-,33-,34+,35-,36-,37+,38-,41-,43+,44-,45+,46-,47+,48-,50+,51-,52-,53-/m1/s1. The maximum Gasteiger partial charge on any atom is 0.311 e. The molecule has 5 N–H and O–H groups in total. The molecule has 5 rings (SSSR count). The third-order valence-electron chi connectivity index (χ3n) is 16.0. The number of aromatic nitrogens is 3. The fourth-order valence-corrected chi connectivity index (χ4v) is 12.4. The fourth-order valence-electron chi connectivity index (χ4n) is 11.1. The zero-order valence-electron chi connectivity index (χ0n) is 46.5. The Hall–Kier alpha value is -2.90. The van der Waals surface area contributed by atoms with E-state index in [1.54, 1.807) is 63.6 Å². The van der Waals surface area contributed by atoms with Crippen LogP contribution in [0.1, 0.15) is 114 Å². The lowest BCUT2D eigenvalue weighted by Gasteiger charge is -2.48. The monoisotopic (exact) mass is 1070 g/mol. The molecule has 0 unspecified atom stereocenters. The molecule has 424 valence electrons. The van der Waals surface area contributed by atoms with E-state index in [0.717, 1.165) is 5.69 Å². The van der Waals surface area contributed by atoms with Crippen molar-refractivity contribution in [1.82, 2.24) is 24.8 Å². The van der Waals surface area contributed by atoms with Crippen LogP contribution in [0.4, 0.5) is 0 Å². The Kier molecular flexibility index (Phi) is 21.9. The van der Waals surface area contributed by atoms with Crippen LogP contribution in [0.15, 0.2) is 35.4 Å². The Balaban J connectivity index is 1.33. The zero-order chi connectivity index (χ0) is 55.1. The third kappa shape index (κ3) is 15.4. The predicted octanol–water partition coefficient (Wildman–Crippen LogP) is 3.41. The molecule has 2 aromatic rings. The maximum absolute atomic E-state index is 14.3. The highest BCUT2D eigenvalue weighted by Crippen LogP contribution is 2.39. The van der Waals surface area contributed by atoms with Gasteiger partial charge in [0.05, 0.1) is 77.2 Å². The molecule has 20 nitrogen and oxygen atoms in total. The number of aryl methyl sites for hydroxylation is 1. The molecule has 3 aliphatic rings. The maximum atomic E-state index is 14.3. The van der Waals surface area contributed by atoms with Gasteiger partial charge < -0.3 is 68.5 Å². The molecule has 1 aromatic heterocycles. The zero-order valence-corrected chi connectivity index (χ0v) is 47.3. The summed E-state index contributed by atoms with van der Waals surface area (Å²) in [4.78, 5) is 18.5. The summed E-state index contributed by atoms with van der Waals surface area (Å²) in [5.74, 6) is -2.01. The number of hydrogen-bond donors (Lipinski definition) is 5. The summed E-state index contributed by atoms with van der Waals surface area (Å²) >= 11 is 0. The lowest BCUT2D eigenvalue weighted by atomic mass is 9.77. The largest absolute Gasteiger partial charge is 0.494 e. The van der Waals surface area contributed by atoms with Gasteiger partial charge in [-0.3, -0.25) is 9.48 Å². The van der Waals surface area contributed by atoms with Crippen molar-refractivity contribution in [2.45, 2.75) is 216 Å². The highest BCUT2D eigenvalue weighted by Gasteiger charge is 2.51. The molecule has 0 aliphatic carbocycles. The summed E-state index contributed by atoms with van der Waals surface area (Å²) in [5, 5.41) is 67.9. The van der Waals surface area contributed by atoms with Crippen LogP contribution in [0.5, 0.6) is 5.75 Å². The van der Waals surface area contributed by atoms with Crippen LogP contribution in [-0.2, 0) is 56.0 Å². The van der Waals surface area contributed by atoms with Crippen LogP contribution in [-0.4, -0.2) is 208 Å². The second-order valence-corrected chi connectivity index (χ2v) is 24.6. The van der Waals surface area contributed by atoms with Gasteiger partial charge in [-0.2, -0.15) is 0 Å². The second-order valence-electron chi connectivity index (χ2n) is 22.5. The molecule has 0 saturated carbocycles. The summed E-state index contributed by atoms with van der Waals surface area (Å²) in [6.45, 7) is 21.1. The van der Waals surface area contributed by atoms with E-state index in [2.05, 4.69) is 10.3 Å². The predicted molar refractivity (Wildman–Crippen MR) is 276 cm³/mol. The van der Waals surface area contributed by atoms with Gasteiger partial charge in [-0.1, -0.05) is 26.0 Å². The number of carbonyl (C=O) groups is 1. The van der Waals surface area contributed by atoms with E-state index in [1.165, 1.54) is 14.0 Å². The van der Waals surface area contributed by atoms with Crippen LogP contribution in [0.25, 0.3) is 0 Å². The number of nitrogens with zero attached hydrogens (tertiary/aromatic N) is 5. The van der Waals surface area contributed by atoms with E-state index in [9.17, 15) is 38.7 Å². The van der Waals surface area contributed by atoms with Crippen LogP contribution in [0.2, 0.25) is 0 Å². The van der Waals surface area contributed by atoms with E-state index >= 15 is 0 Å². The molecule has 0 radical (unpaired) electrons. The van der Waals surface area contributed by atoms with Gasteiger partial charge in [-0.05, 0) is 119 Å². The summed E-state index contributed by atoms with van der Waals surface area (Å²) < 4.78 is 70.3. The molecule has 21 heteroatoms. The minimum absolute atomic E-state index is 0.0255. The minimum Gasteiger partial charge on any atom is -0.494 e. The number of carbonyl (C=O) groups excluding carboxylic acids is 1. The number of aliphatic hydroxyl groups excluding tert-OH is 3. The number of aliphatic hydroxyl groups is 5. The number of esters is 1. The molecule has 3 fully saturated rings. The molecule has 1 aromatic carbocycles. The van der Waals surface area contributed by atoms with Crippen LogP contribution < -0.4 is 4.74 Å². The average molecular weight is 1070 g/mol. The van der Waals surface area contributed by atoms with Gasteiger partial charge in [-0.15, -0.1) is 5.10 Å². The second kappa shape index (κ2) is 26.2. The molecule has 18 atom stereocenters. The molecular formula is C53H91N5O15S. The van der Waals surface area contributed by atoms with E-state index in [1.807, 2.05) is 64.7 Å². The van der Waals surface area contributed by atoms with Crippen molar-refractivity contribution in [3.63, 3.8) is 0 Å². The number of cyclic esters (lactones) is 1. The summed E-state index contributed by atoms with van der Waals surface area (Å²) in [5.41, 5.74) is -3.63. The third-order valence-corrected chi connectivity index (χ3v) is 17.9. The van der Waals surface area contributed by atoms with Crippen LogP contribution >= 0.6 is 0 Å². The quantitative estimate of drug-likeness (QED) is 0.106. The first-order valence-electron chi connectivity index (χ1n) is 26.6. The van der Waals surface area contributed by atoms with Crippen molar-refractivity contribution in [1.29, 1.82) is 0 Å². The lowest BCUT2D eigenvalue weighted by Crippen LogP contribution is -2.60. The number of ether oxygens (including phenoxy) is 7. The van der Waals surface area contributed by atoms with E-state index in [4.69, 9.17) is 33.2 Å². The first kappa shape index (κ1) is 61.9. The lowest BCUT2D eigenvalue weighted by molar-refractivity contribution is -0.301. The van der Waals surface area contributed by atoms with Crippen molar-refractivity contribution >= 4 is 15.8 Å². The Morgan fingerprint density at radius 1 is 0.959 bits per heavy atom. The van der Waals surface area contributed by atoms with Gasteiger partial charge in [0, 0.05) is 70.2 Å².